The quantitative estimate of drug-likeness (QED) is 0.655. The van der Waals surface area contributed by atoms with Crippen LogP contribution in [0.15, 0.2) is 0 Å². The van der Waals surface area contributed by atoms with Crippen LogP contribution in [0.4, 0.5) is 0 Å². The van der Waals surface area contributed by atoms with Crippen LogP contribution in [-0.4, -0.2) is 37.2 Å². The summed E-state index contributed by atoms with van der Waals surface area (Å²) in [5.41, 5.74) is 0. The largest absolute Gasteiger partial charge is 0.315 e. The zero-order valence-corrected chi connectivity index (χ0v) is 11.0. The van der Waals surface area contributed by atoms with E-state index in [1.165, 1.54) is 43.9 Å². The number of hydrogen-bond donors (Lipinski definition) is 2. The molecule has 0 aliphatic carbocycles. The summed E-state index contributed by atoms with van der Waals surface area (Å²) in [7, 11) is 0. The van der Waals surface area contributed by atoms with Crippen molar-refractivity contribution in [1.82, 2.24) is 10.6 Å². The molecule has 15 heavy (non-hydrogen) atoms. The fourth-order valence-electron chi connectivity index (χ4n) is 1.83. The summed E-state index contributed by atoms with van der Waals surface area (Å²) in [4.78, 5) is 0. The first-order valence-corrected chi connectivity index (χ1v) is 7.46. The number of unbranched alkanes of at least 4 members (excludes halogenated alkanes) is 1. The number of nitrogens with one attached hydrogen (secondary N) is 2. The molecule has 1 aliphatic rings. The Morgan fingerprint density at radius 2 is 2.27 bits per heavy atom. The predicted molar refractivity (Wildman–Crippen MR) is 70.7 cm³/mol. The third-order valence-electron chi connectivity index (χ3n) is 2.77. The second-order valence-electron chi connectivity index (χ2n) is 4.82. The van der Waals surface area contributed by atoms with Gasteiger partial charge in [-0.2, -0.15) is 11.8 Å². The minimum absolute atomic E-state index is 0.703. The SMILES string of the molecule is CC(C)CCCCNCC1CSCCN1. The Hall–Kier alpha value is 0.270. The fraction of sp³-hybridized carbons (Fsp3) is 1.00. The van der Waals surface area contributed by atoms with Crippen molar-refractivity contribution in [1.29, 1.82) is 0 Å². The van der Waals surface area contributed by atoms with Crippen LogP contribution in [0.2, 0.25) is 0 Å². The lowest BCUT2D eigenvalue weighted by atomic mass is 10.1. The monoisotopic (exact) mass is 230 g/mol. The number of hydrogen-bond acceptors (Lipinski definition) is 3. The Morgan fingerprint density at radius 1 is 1.40 bits per heavy atom. The molecule has 0 amide bonds. The average molecular weight is 230 g/mol. The maximum absolute atomic E-state index is 3.55. The van der Waals surface area contributed by atoms with Gasteiger partial charge in [0.05, 0.1) is 0 Å². The molecule has 1 unspecified atom stereocenters. The maximum atomic E-state index is 3.55. The van der Waals surface area contributed by atoms with Gasteiger partial charge in [0.25, 0.3) is 0 Å². The highest BCUT2D eigenvalue weighted by atomic mass is 32.2. The summed E-state index contributed by atoms with van der Waals surface area (Å²) in [6.07, 6.45) is 4.08. The van der Waals surface area contributed by atoms with Crippen molar-refractivity contribution in [3.05, 3.63) is 0 Å². The van der Waals surface area contributed by atoms with E-state index in [1.54, 1.807) is 0 Å². The second-order valence-corrected chi connectivity index (χ2v) is 5.97. The van der Waals surface area contributed by atoms with Gasteiger partial charge in [0, 0.05) is 30.6 Å². The van der Waals surface area contributed by atoms with Gasteiger partial charge in [0.1, 0.15) is 0 Å². The van der Waals surface area contributed by atoms with Crippen molar-refractivity contribution in [2.75, 3.05) is 31.1 Å². The molecule has 1 heterocycles. The van der Waals surface area contributed by atoms with Gasteiger partial charge >= 0.3 is 0 Å². The van der Waals surface area contributed by atoms with Gasteiger partial charge in [0.15, 0.2) is 0 Å². The van der Waals surface area contributed by atoms with E-state index in [-0.39, 0.29) is 0 Å². The molecule has 1 fully saturated rings. The molecule has 90 valence electrons. The van der Waals surface area contributed by atoms with Gasteiger partial charge in [-0.05, 0) is 18.9 Å². The lowest BCUT2D eigenvalue weighted by Crippen LogP contribution is -2.44. The van der Waals surface area contributed by atoms with Crippen molar-refractivity contribution < 1.29 is 0 Å². The van der Waals surface area contributed by atoms with Crippen molar-refractivity contribution in [3.8, 4) is 0 Å². The van der Waals surface area contributed by atoms with Crippen LogP contribution >= 0.6 is 11.8 Å². The molecule has 0 aromatic rings. The summed E-state index contributed by atoms with van der Waals surface area (Å²) < 4.78 is 0. The molecule has 0 bridgehead atoms. The minimum atomic E-state index is 0.703. The van der Waals surface area contributed by atoms with E-state index < -0.39 is 0 Å². The predicted octanol–water partition coefficient (Wildman–Crippen LogP) is 2.11. The highest BCUT2D eigenvalue weighted by molar-refractivity contribution is 7.99. The van der Waals surface area contributed by atoms with Crippen molar-refractivity contribution in [2.24, 2.45) is 5.92 Å². The third-order valence-corrected chi connectivity index (χ3v) is 3.91. The normalized spacial score (nSPS) is 22.2. The highest BCUT2D eigenvalue weighted by Crippen LogP contribution is 2.07. The lowest BCUT2D eigenvalue weighted by molar-refractivity contribution is 0.486. The molecule has 1 rings (SSSR count). The fourth-order valence-corrected chi connectivity index (χ4v) is 2.78. The summed E-state index contributed by atoms with van der Waals surface area (Å²) in [5, 5.41) is 7.10. The Labute approximate surface area is 99.0 Å². The standard InChI is InChI=1S/C12H26N2S/c1-11(2)5-3-4-6-13-9-12-10-15-8-7-14-12/h11-14H,3-10H2,1-2H3. The topological polar surface area (TPSA) is 24.1 Å². The summed E-state index contributed by atoms with van der Waals surface area (Å²) >= 11 is 2.07. The van der Waals surface area contributed by atoms with Gasteiger partial charge < -0.3 is 10.6 Å². The van der Waals surface area contributed by atoms with E-state index in [0.29, 0.717) is 6.04 Å². The van der Waals surface area contributed by atoms with Gasteiger partial charge in [-0.25, -0.2) is 0 Å². The van der Waals surface area contributed by atoms with E-state index in [2.05, 4.69) is 36.2 Å². The van der Waals surface area contributed by atoms with Crippen molar-refractivity contribution in [2.45, 2.75) is 39.2 Å². The summed E-state index contributed by atoms with van der Waals surface area (Å²) in [6.45, 7) is 8.13. The molecule has 2 N–H and O–H groups in total. The highest BCUT2D eigenvalue weighted by Gasteiger charge is 2.11. The Balaban J connectivity index is 1.83. The van der Waals surface area contributed by atoms with Crippen LogP contribution in [0.5, 0.6) is 0 Å². The van der Waals surface area contributed by atoms with Crippen LogP contribution < -0.4 is 10.6 Å². The van der Waals surface area contributed by atoms with Gasteiger partial charge in [-0.1, -0.05) is 26.7 Å². The van der Waals surface area contributed by atoms with Crippen LogP contribution in [-0.2, 0) is 0 Å². The first-order valence-electron chi connectivity index (χ1n) is 6.31. The molecule has 0 radical (unpaired) electrons. The molecule has 1 atom stereocenters. The van der Waals surface area contributed by atoms with Crippen molar-refractivity contribution >= 4 is 11.8 Å². The van der Waals surface area contributed by atoms with Gasteiger partial charge in [0.2, 0.25) is 0 Å². The molecule has 0 aromatic heterocycles. The molecule has 2 nitrogen and oxygen atoms in total. The molecule has 0 spiro atoms. The number of rotatable bonds is 7. The van der Waals surface area contributed by atoms with Gasteiger partial charge in [-0.3, -0.25) is 0 Å². The van der Waals surface area contributed by atoms with Crippen LogP contribution in [0.1, 0.15) is 33.1 Å². The molecule has 1 aliphatic heterocycles. The third kappa shape index (κ3) is 7.20. The molecule has 0 aromatic carbocycles. The first kappa shape index (κ1) is 13.3. The Morgan fingerprint density at radius 3 is 2.93 bits per heavy atom. The minimum Gasteiger partial charge on any atom is -0.315 e. The van der Waals surface area contributed by atoms with E-state index in [9.17, 15) is 0 Å². The smallest absolute Gasteiger partial charge is 0.0283 e. The Kier molecular flexibility index (Phi) is 7.49. The van der Waals surface area contributed by atoms with Crippen LogP contribution in [0, 0.1) is 5.92 Å². The molecular weight excluding hydrogens is 204 g/mol. The zero-order valence-electron chi connectivity index (χ0n) is 10.2. The van der Waals surface area contributed by atoms with Crippen LogP contribution in [0.25, 0.3) is 0 Å². The van der Waals surface area contributed by atoms with Crippen LogP contribution in [0.3, 0.4) is 0 Å². The lowest BCUT2D eigenvalue weighted by Gasteiger charge is -2.23. The number of thioether (sulfide) groups is 1. The Bertz CT molecular complexity index is 145. The van der Waals surface area contributed by atoms with E-state index in [1.807, 2.05) is 0 Å². The van der Waals surface area contributed by atoms with Crippen molar-refractivity contribution in [3.63, 3.8) is 0 Å². The summed E-state index contributed by atoms with van der Waals surface area (Å²) in [6, 6.07) is 0.703. The summed E-state index contributed by atoms with van der Waals surface area (Å²) in [5.74, 6) is 3.42. The molecule has 1 saturated heterocycles. The van der Waals surface area contributed by atoms with E-state index in [4.69, 9.17) is 0 Å². The average Bonchev–Trinajstić information content (AvgIpc) is 2.24. The molecule has 0 saturated carbocycles. The first-order chi connectivity index (χ1) is 7.29. The zero-order chi connectivity index (χ0) is 10.9. The van der Waals surface area contributed by atoms with Gasteiger partial charge in [-0.15, -0.1) is 0 Å². The molecule has 3 heteroatoms. The second kappa shape index (κ2) is 8.43. The van der Waals surface area contributed by atoms with E-state index >= 15 is 0 Å². The van der Waals surface area contributed by atoms with E-state index in [0.717, 1.165) is 12.5 Å². The molecular formula is C12H26N2S. The maximum Gasteiger partial charge on any atom is 0.0283 e.